The number of ether oxygens (including phenoxy) is 5. The summed E-state index contributed by atoms with van der Waals surface area (Å²) in [6, 6.07) is -1.13. The number of methoxy groups -OCH3 is 3. The molecule has 1 aliphatic carbocycles. The summed E-state index contributed by atoms with van der Waals surface area (Å²) < 4.78 is 29.9. The SMILES string of the molecule is CCC1C=C(C)CC(C)CC(OC)C2OC(O)(C(=O)C(=O)N3CCCCC3C(=O)OC(C(C)=CC3(N)CCCC(OC)C3)C(C)C(O)CC1=O)C(C)CC2OC. The third-order valence-electron chi connectivity index (χ3n) is 12.9. The second-order valence-corrected chi connectivity index (χ2v) is 17.4. The van der Waals surface area contributed by atoms with E-state index in [1.165, 1.54) is 19.1 Å². The minimum Gasteiger partial charge on any atom is -0.456 e. The van der Waals surface area contributed by atoms with E-state index in [-0.39, 0.29) is 43.6 Å². The molecule has 13 atom stereocenters. The average molecular weight is 791 g/mol. The predicted molar refractivity (Wildman–Crippen MR) is 210 cm³/mol. The number of carbonyl (C=O) groups excluding carboxylic acids is 4. The van der Waals surface area contributed by atoms with Crippen molar-refractivity contribution in [2.45, 2.75) is 173 Å². The number of aliphatic hydroxyl groups excluding tert-OH is 1. The van der Waals surface area contributed by atoms with Gasteiger partial charge in [-0.15, -0.1) is 0 Å². The monoisotopic (exact) mass is 790 g/mol. The Balaban J connectivity index is 1.78. The molecule has 13 unspecified atom stereocenters. The van der Waals surface area contributed by atoms with E-state index in [0.29, 0.717) is 50.5 Å². The van der Waals surface area contributed by atoms with Crippen LogP contribution in [-0.4, -0.2) is 120 Å². The molecule has 3 heterocycles. The summed E-state index contributed by atoms with van der Waals surface area (Å²) in [6.07, 6.45) is 5.71. The lowest BCUT2D eigenvalue weighted by molar-refractivity contribution is -0.302. The zero-order valence-electron chi connectivity index (χ0n) is 35.3. The smallest absolute Gasteiger partial charge is 0.329 e. The molecule has 0 aromatic carbocycles. The van der Waals surface area contributed by atoms with Gasteiger partial charge in [0.05, 0.1) is 24.4 Å². The highest BCUT2D eigenvalue weighted by Crippen LogP contribution is 2.39. The normalized spacial score (nSPS) is 40.6. The first-order valence-corrected chi connectivity index (χ1v) is 20.8. The van der Waals surface area contributed by atoms with Crippen LogP contribution in [0.5, 0.6) is 0 Å². The minimum atomic E-state index is -2.50. The van der Waals surface area contributed by atoms with E-state index in [1.54, 1.807) is 27.9 Å². The maximum atomic E-state index is 14.3. The molecule has 0 spiro atoms. The molecule has 13 nitrogen and oxygen atoms in total. The van der Waals surface area contributed by atoms with Gasteiger partial charge < -0.3 is 44.5 Å². The maximum absolute atomic E-state index is 14.3. The Morgan fingerprint density at radius 3 is 2.32 bits per heavy atom. The number of piperidine rings is 1. The summed E-state index contributed by atoms with van der Waals surface area (Å²) in [4.78, 5) is 57.7. The third kappa shape index (κ3) is 10.7. The number of hydrogen-bond donors (Lipinski definition) is 3. The van der Waals surface area contributed by atoms with Gasteiger partial charge in [-0.05, 0) is 96.0 Å². The van der Waals surface area contributed by atoms with Crippen LogP contribution in [0.2, 0.25) is 0 Å². The van der Waals surface area contributed by atoms with Crippen LogP contribution in [0.25, 0.3) is 0 Å². The molecule has 1 amide bonds. The fraction of sp³-hybridized carbons (Fsp3) is 0.814. The number of allylic oxidation sites excluding steroid dienone is 2. The van der Waals surface area contributed by atoms with Crippen molar-refractivity contribution in [1.82, 2.24) is 4.90 Å². The van der Waals surface area contributed by atoms with Crippen molar-refractivity contribution < 1.29 is 53.1 Å². The molecule has 13 heteroatoms. The number of Topliss-reactive ketones (excluding diaryl/α,β-unsaturated/α-hetero) is 2. The zero-order chi connectivity index (χ0) is 41.5. The summed E-state index contributed by atoms with van der Waals surface area (Å²) in [6.45, 7) is 11.3. The van der Waals surface area contributed by atoms with Crippen molar-refractivity contribution in [3.8, 4) is 0 Å². The van der Waals surface area contributed by atoms with Crippen molar-refractivity contribution in [3.63, 3.8) is 0 Å². The molecule has 2 bridgehead atoms. The van der Waals surface area contributed by atoms with E-state index in [9.17, 15) is 29.4 Å². The van der Waals surface area contributed by atoms with Crippen LogP contribution >= 0.6 is 0 Å². The van der Waals surface area contributed by atoms with Crippen LogP contribution in [0.3, 0.4) is 0 Å². The van der Waals surface area contributed by atoms with E-state index >= 15 is 0 Å². The Bertz CT molecular complexity index is 1450. The molecule has 0 radical (unpaired) electrons. The standard InChI is InChI=1S/C43H70N2O11/c1-10-30-19-25(2)18-26(3)20-35(53-8)38-36(54-9)21-28(5)43(51,56-38)39(48)40(49)45-17-12-11-15-32(45)41(50)55-37(29(6)33(46)22-34(30)47)27(4)23-42(44)16-13-14-31(24-42)52-7/h19,23,26,28-33,35-38,46,51H,10-18,20-22,24,44H2,1-9H3. The maximum Gasteiger partial charge on any atom is 0.329 e. The lowest BCUT2D eigenvalue weighted by Gasteiger charge is -2.47. The molecule has 3 aliphatic heterocycles. The van der Waals surface area contributed by atoms with Crippen LogP contribution in [0.15, 0.2) is 23.3 Å². The number of fused-ring (bicyclic) bond motifs is 3. The number of cyclic esters (lactones) is 1. The molecule has 0 aromatic rings. The molecular weight excluding hydrogens is 720 g/mol. The molecule has 318 valence electrons. The Hall–Kier alpha value is -2.52. The van der Waals surface area contributed by atoms with Gasteiger partial charge in [0.25, 0.3) is 11.7 Å². The second kappa shape index (κ2) is 20.0. The van der Waals surface area contributed by atoms with Gasteiger partial charge in [0.2, 0.25) is 5.79 Å². The summed E-state index contributed by atoms with van der Waals surface area (Å²) >= 11 is 0. The second-order valence-electron chi connectivity index (χ2n) is 17.4. The van der Waals surface area contributed by atoms with Gasteiger partial charge in [-0.25, -0.2) is 4.79 Å². The lowest BCUT2D eigenvalue weighted by Crippen LogP contribution is -2.64. The van der Waals surface area contributed by atoms with Gasteiger partial charge in [-0.3, -0.25) is 14.4 Å². The number of ketones is 2. The first kappa shape index (κ1) is 46.2. The third-order valence-corrected chi connectivity index (χ3v) is 12.9. The molecule has 4 N–H and O–H groups in total. The highest BCUT2D eigenvalue weighted by Gasteiger charge is 2.56. The zero-order valence-corrected chi connectivity index (χ0v) is 35.3. The van der Waals surface area contributed by atoms with Crippen LogP contribution in [0, 0.1) is 23.7 Å². The molecule has 1 saturated carbocycles. The van der Waals surface area contributed by atoms with Crippen molar-refractivity contribution in [2.75, 3.05) is 27.9 Å². The van der Waals surface area contributed by atoms with E-state index in [4.69, 9.17) is 29.4 Å². The number of amides is 1. The number of carbonyl (C=O) groups is 4. The summed E-state index contributed by atoms with van der Waals surface area (Å²) in [5.41, 5.74) is 7.77. The first-order valence-electron chi connectivity index (χ1n) is 20.8. The Morgan fingerprint density at radius 1 is 1.00 bits per heavy atom. The average Bonchev–Trinajstić information content (AvgIpc) is 3.17. The van der Waals surface area contributed by atoms with E-state index < -0.39 is 83.3 Å². The van der Waals surface area contributed by atoms with Gasteiger partial charge in [0.15, 0.2) is 0 Å². The first-order chi connectivity index (χ1) is 26.4. The highest BCUT2D eigenvalue weighted by atomic mass is 16.7. The Kier molecular flexibility index (Phi) is 16.5. The summed E-state index contributed by atoms with van der Waals surface area (Å²) in [7, 11) is 4.73. The molecule has 4 aliphatic rings. The van der Waals surface area contributed by atoms with Crippen LogP contribution in [-0.2, 0) is 42.9 Å². The molecule has 2 saturated heterocycles. The van der Waals surface area contributed by atoms with Gasteiger partial charge in [0.1, 0.15) is 24.0 Å². The fourth-order valence-electron chi connectivity index (χ4n) is 9.53. The summed E-state index contributed by atoms with van der Waals surface area (Å²) in [5.74, 6) is -7.50. The van der Waals surface area contributed by atoms with Crippen molar-refractivity contribution >= 4 is 23.4 Å². The number of hydrogen-bond acceptors (Lipinski definition) is 12. The quantitative estimate of drug-likeness (QED) is 0.194. The van der Waals surface area contributed by atoms with Crippen LogP contribution in [0.4, 0.5) is 0 Å². The van der Waals surface area contributed by atoms with E-state index in [1.807, 2.05) is 26.0 Å². The Labute approximate surface area is 334 Å². The molecule has 0 aromatic heterocycles. The molecule has 4 rings (SSSR count). The van der Waals surface area contributed by atoms with E-state index in [2.05, 4.69) is 6.92 Å². The number of esters is 1. The fourth-order valence-corrected chi connectivity index (χ4v) is 9.53. The number of nitrogens with zero attached hydrogens (tertiary/aromatic N) is 1. The van der Waals surface area contributed by atoms with Gasteiger partial charge in [-0.1, -0.05) is 45.4 Å². The Morgan fingerprint density at radius 2 is 1.68 bits per heavy atom. The molecular formula is C43H70N2O11. The topological polar surface area (TPSA) is 184 Å². The largest absolute Gasteiger partial charge is 0.456 e. The highest BCUT2D eigenvalue weighted by molar-refractivity contribution is 6.39. The molecule has 3 fully saturated rings. The van der Waals surface area contributed by atoms with Crippen LogP contribution in [0.1, 0.15) is 119 Å². The lowest BCUT2D eigenvalue weighted by atomic mass is 9.78. The van der Waals surface area contributed by atoms with Gasteiger partial charge >= 0.3 is 5.97 Å². The summed E-state index contributed by atoms with van der Waals surface area (Å²) in [5, 5.41) is 23.7. The van der Waals surface area contributed by atoms with Crippen LogP contribution < -0.4 is 5.73 Å². The van der Waals surface area contributed by atoms with Crippen molar-refractivity contribution in [2.24, 2.45) is 29.4 Å². The number of aliphatic hydroxyl groups is 2. The van der Waals surface area contributed by atoms with Gasteiger partial charge in [-0.2, -0.15) is 0 Å². The predicted octanol–water partition coefficient (Wildman–Crippen LogP) is 4.58. The minimum absolute atomic E-state index is 0.0318. The number of nitrogens with two attached hydrogens (primary N) is 1. The van der Waals surface area contributed by atoms with Crippen molar-refractivity contribution in [1.29, 1.82) is 0 Å². The van der Waals surface area contributed by atoms with E-state index in [0.717, 1.165) is 18.4 Å². The van der Waals surface area contributed by atoms with Gasteiger partial charge in [0, 0.05) is 57.6 Å². The molecule has 56 heavy (non-hydrogen) atoms. The van der Waals surface area contributed by atoms with Crippen molar-refractivity contribution in [3.05, 3.63) is 23.3 Å². The number of rotatable bonds is 6.